The number of nitrogens with one attached hydrogen (secondary N) is 1. The van der Waals surface area contributed by atoms with E-state index in [1.54, 1.807) is 0 Å². The molecular weight excluding hydrogens is 246 g/mol. The summed E-state index contributed by atoms with van der Waals surface area (Å²) in [6.07, 6.45) is 15.2. The van der Waals surface area contributed by atoms with Gasteiger partial charge in [0.15, 0.2) is 0 Å². The first-order valence-corrected chi connectivity index (χ1v) is 9.20. The van der Waals surface area contributed by atoms with Gasteiger partial charge in [0, 0.05) is 12.6 Å². The normalized spacial score (nSPS) is 31.9. The largest absolute Gasteiger partial charge is 0.375 e. The molecule has 2 atom stereocenters. The summed E-state index contributed by atoms with van der Waals surface area (Å²) in [5, 5.41) is 3.93. The van der Waals surface area contributed by atoms with E-state index in [-0.39, 0.29) is 5.60 Å². The summed E-state index contributed by atoms with van der Waals surface area (Å²) >= 11 is 0. The molecular formula is C18H33NO. The monoisotopic (exact) mass is 279 g/mol. The predicted octanol–water partition coefficient (Wildman–Crippen LogP) is 4.28. The summed E-state index contributed by atoms with van der Waals surface area (Å²) < 4.78 is 6.25. The lowest BCUT2D eigenvalue weighted by molar-refractivity contribution is -0.101. The Bertz CT molecular complexity index is 292. The molecule has 0 aromatic rings. The van der Waals surface area contributed by atoms with Crippen molar-refractivity contribution >= 4 is 0 Å². The summed E-state index contributed by atoms with van der Waals surface area (Å²) in [5.74, 6) is 1.82. The van der Waals surface area contributed by atoms with Crippen LogP contribution in [-0.4, -0.2) is 24.8 Å². The van der Waals surface area contributed by atoms with E-state index in [1.807, 2.05) is 0 Å². The van der Waals surface area contributed by atoms with Gasteiger partial charge in [-0.05, 0) is 63.3 Å². The van der Waals surface area contributed by atoms with Crippen molar-refractivity contribution in [2.75, 3.05) is 13.2 Å². The third-order valence-electron chi connectivity index (χ3n) is 6.09. The van der Waals surface area contributed by atoms with Crippen LogP contribution in [0.5, 0.6) is 0 Å². The van der Waals surface area contributed by atoms with Crippen LogP contribution in [0.25, 0.3) is 0 Å². The van der Waals surface area contributed by atoms with Crippen LogP contribution in [0.15, 0.2) is 0 Å². The molecule has 2 unspecified atom stereocenters. The van der Waals surface area contributed by atoms with Crippen molar-refractivity contribution < 1.29 is 4.74 Å². The highest BCUT2D eigenvalue weighted by Crippen LogP contribution is 2.45. The van der Waals surface area contributed by atoms with Gasteiger partial charge in [-0.3, -0.25) is 0 Å². The molecule has 2 heteroatoms. The predicted molar refractivity (Wildman–Crippen MR) is 83.9 cm³/mol. The highest BCUT2D eigenvalue weighted by molar-refractivity contribution is 4.96. The van der Waals surface area contributed by atoms with Gasteiger partial charge in [0.05, 0.1) is 5.60 Å². The summed E-state index contributed by atoms with van der Waals surface area (Å²) in [7, 11) is 0. The van der Waals surface area contributed by atoms with Crippen molar-refractivity contribution in [3.63, 3.8) is 0 Å². The number of hydrogen-bond acceptors (Lipinski definition) is 2. The molecule has 1 aliphatic heterocycles. The van der Waals surface area contributed by atoms with Gasteiger partial charge >= 0.3 is 0 Å². The van der Waals surface area contributed by atoms with E-state index < -0.39 is 0 Å². The van der Waals surface area contributed by atoms with E-state index in [0.29, 0.717) is 0 Å². The Balaban J connectivity index is 1.65. The lowest BCUT2D eigenvalue weighted by Crippen LogP contribution is -2.48. The standard InChI is InChI=1S/C18H33NO/c1-2-12-19-17(15-7-3-4-8-15)16-9-13-20-18(14-16)10-5-6-11-18/h15-17,19H,2-14H2,1H3. The van der Waals surface area contributed by atoms with E-state index in [9.17, 15) is 0 Å². The summed E-state index contributed by atoms with van der Waals surface area (Å²) in [6.45, 7) is 4.51. The van der Waals surface area contributed by atoms with E-state index >= 15 is 0 Å². The second-order valence-electron chi connectivity index (χ2n) is 7.52. The first-order chi connectivity index (χ1) is 9.83. The SMILES string of the molecule is CCCNC(C1CCCC1)C1CCOC2(CCCC2)C1. The molecule has 3 rings (SSSR count). The Morgan fingerprint density at radius 3 is 2.50 bits per heavy atom. The minimum absolute atomic E-state index is 0.285. The van der Waals surface area contributed by atoms with Crippen molar-refractivity contribution in [3.8, 4) is 0 Å². The number of ether oxygens (including phenoxy) is 1. The highest BCUT2D eigenvalue weighted by Gasteiger charge is 2.43. The van der Waals surface area contributed by atoms with E-state index in [0.717, 1.165) is 24.5 Å². The van der Waals surface area contributed by atoms with Crippen LogP contribution >= 0.6 is 0 Å². The summed E-state index contributed by atoms with van der Waals surface area (Å²) in [6, 6.07) is 0.777. The van der Waals surface area contributed by atoms with Crippen LogP contribution in [0.4, 0.5) is 0 Å². The molecule has 0 aromatic heterocycles. The van der Waals surface area contributed by atoms with Crippen LogP contribution < -0.4 is 5.32 Å². The third kappa shape index (κ3) is 3.22. The molecule has 1 N–H and O–H groups in total. The van der Waals surface area contributed by atoms with Crippen LogP contribution in [0, 0.1) is 11.8 Å². The van der Waals surface area contributed by atoms with Gasteiger partial charge < -0.3 is 10.1 Å². The minimum atomic E-state index is 0.285. The Morgan fingerprint density at radius 1 is 1.05 bits per heavy atom. The molecule has 116 valence electrons. The van der Waals surface area contributed by atoms with Gasteiger partial charge in [0.25, 0.3) is 0 Å². The van der Waals surface area contributed by atoms with E-state index in [1.165, 1.54) is 77.2 Å². The number of hydrogen-bond donors (Lipinski definition) is 1. The van der Waals surface area contributed by atoms with E-state index in [2.05, 4.69) is 12.2 Å². The van der Waals surface area contributed by atoms with Crippen LogP contribution in [0.2, 0.25) is 0 Å². The van der Waals surface area contributed by atoms with Gasteiger partial charge in [-0.25, -0.2) is 0 Å². The average Bonchev–Trinajstić information content (AvgIpc) is 3.12. The Hall–Kier alpha value is -0.0800. The average molecular weight is 279 g/mol. The first kappa shape index (κ1) is 14.8. The van der Waals surface area contributed by atoms with Gasteiger partial charge in [-0.1, -0.05) is 32.6 Å². The maximum absolute atomic E-state index is 6.25. The van der Waals surface area contributed by atoms with Gasteiger partial charge in [0.2, 0.25) is 0 Å². The van der Waals surface area contributed by atoms with Crippen LogP contribution in [0.1, 0.15) is 77.6 Å². The smallest absolute Gasteiger partial charge is 0.0685 e. The maximum atomic E-state index is 6.25. The van der Waals surface area contributed by atoms with Crippen molar-refractivity contribution in [1.29, 1.82) is 0 Å². The fourth-order valence-electron chi connectivity index (χ4n) is 5.09. The van der Waals surface area contributed by atoms with Gasteiger partial charge in [-0.2, -0.15) is 0 Å². The van der Waals surface area contributed by atoms with Crippen molar-refractivity contribution in [3.05, 3.63) is 0 Å². The molecule has 1 spiro atoms. The zero-order valence-corrected chi connectivity index (χ0v) is 13.3. The lowest BCUT2D eigenvalue weighted by Gasteiger charge is -2.43. The molecule has 0 amide bonds. The molecule has 0 bridgehead atoms. The van der Waals surface area contributed by atoms with Gasteiger partial charge in [0.1, 0.15) is 0 Å². The molecule has 3 fully saturated rings. The Kier molecular flexibility index (Phi) is 5.04. The summed E-state index contributed by atoms with van der Waals surface area (Å²) in [5.41, 5.74) is 0.285. The third-order valence-corrected chi connectivity index (χ3v) is 6.09. The second kappa shape index (κ2) is 6.79. The van der Waals surface area contributed by atoms with Crippen molar-refractivity contribution in [2.45, 2.75) is 89.2 Å². The van der Waals surface area contributed by atoms with E-state index in [4.69, 9.17) is 4.74 Å². The molecule has 2 aliphatic carbocycles. The highest BCUT2D eigenvalue weighted by atomic mass is 16.5. The first-order valence-electron chi connectivity index (χ1n) is 9.20. The fraction of sp³-hybridized carbons (Fsp3) is 1.00. The molecule has 3 aliphatic rings. The van der Waals surface area contributed by atoms with Crippen LogP contribution in [-0.2, 0) is 4.74 Å². The second-order valence-corrected chi connectivity index (χ2v) is 7.52. The zero-order valence-electron chi connectivity index (χ0n) is 13.3. The fourth-order valence-corrected chi connectivity index (χ4v) is 5.09. The van der Waals surface area contributed by atoms with Gasteiger partial charge in [-0.15, -0.1) is 0 Å². The lowest BCUT2D eigenvalue weighted by atomic mass is 9.76. The molecule has 1 saturated heterocycles. The Labute approximate surface area is 125 Å². The molecule has 0 aromatic carbocycles. The summed E-state index contributed by atoms with van der Waals surface area (Å²) in [4.78, 5) is 0. The Morgan fingerprint density at radius 2 is 1.80 bits per heavy atom. The topological polar surface area (TPSA) is 21.3 Å². The number of rotatable bonds is 5. The molecule has 20 heavy (non-hydrogen) atoms. The minimum Gasteiger partial charge on any atom is -0.375 e. The van der Waals surface area contributed by atoms with Crippen molar-refractivity contribution in [2.24, 2.45) is 11.8 Å². The maximum Gasteiger partial charge on any atom is 0.0685 e. The quantitative estimate of drug-likeness (QED) is 0.811. The van der Waals surface area contributed by atoms with Crippen LogP contribution in [0.3, 0.4) is 0 Å². The molecule has 0 radical (unpaired) electrons. The molecule has 1 heterocycles. The van der Waals surface area contributed by atoms with Crippen molar-refractivity contribution in [1.82, 2.24) is 5.32 Å². The molecule has 2 saturated carbocycles. The molecule has 2 nitrogen and oxygen atoms in total. The zero-order chi connectivity index (χ0) is 13.8.